The van der Waals surface area contributed by atoms with Gasteiger partial charge in [-0.2, -0.15) is 0 Å². The third kappa shape index (κ3) is 0.876. The van der Waals surface area contributed by atoms with Gasteiger partial charge in [-0.1, -0.05) is 0 Å². The van der Waals surface area contributed by atoms with Gasteiger partial charge < -0.3 is 4.57 Å². The summed E-state index contributed by atoms with van der Waals surface area (Å²) in [5, 5.41) is 0. The summed E-state index contributed by atoms with van der Waals surface area (Å²) in [6.45, 7) is 0. The van der Waals surface area contributed by atoms with Crippen molar-refractivity contribution in [3.05, 3.63) is 27.2 Å². The van der Waals surface area contributed by atoms with Crippen LogP contribution in [0.1, 0.15) is 0 Å². The van der Waals surface area contributed by atoms with Gasteiger partial charge in [0.2, 0.25) is 0 Å². The van der Waals surface area contributed by atoms with E-state index in [1.165, 1.54) is 17.9 Å². The van der Waals surface area contributed by atoms with Crippen molar-refractivity contribution in [1.29, 1.82) is 0 Å². The largest absolute Gasteiger partial charge is 0.332 e. The Morgan fingerprint density at radius 1 is 1.36 bits per heavy atom. The Labute approximate surface area is 79.0 Å². The zero-order valence-electron chi connectivity index (χ0n) is 8.18. The molecule has 2 aromatic rings. The van der Waals surface area contributed by atoms with Gasteiger partial charge in [-0.15, -0.1) is 0 Å². The summed E-state index contributed by atoms with van der Waals surface area (Å²) in [7, 11) is 4.77. The predicted molar refractivity (Wildman–Crippen MR) is 51.2 cm³/mol. The molecule has 0 spiro atoms. The average Bonchev–Trinajstić information content (AvgIpc) is 2.54. The van der Waals surface area contributed by atoms with Crippen LogP contribution in [0.3, 0.4) is 0 Å². The van der Waals surface area contributed by atoms with E-state index in [9.17, 15) is 9.59 Å². The number of nitrogens with zero attached hydrogens (tertiary/aromatic N) is 4. The summed E-state index contributed by atoms with van der Waals surface area (Å²) >= 11 is 0. The number of hydrogen-bond donors (Lipinski definition) is 0. The maximum absolute atomic E-state index is 11.7. The van der Waals surface area contributed by atoms with E-state index in [0.717, 1.165) is 4.57 Å². The van der Waals surface area contributed by atoms with Gasteiger partial charge in [-0.25, -0.2) is 9.78 Å². The van der Waals surface area contributed by atoms with Crippen molar-refractivity contribution < 1.29 is 0 Å². The molecule has 14 heavy (non-hydrogen) atoms. The topological polar surface area (TPSA) is 61.8 Å². The number of aryl methyl sites for hydroxylation is 2. The molecule has 0 aliphatic rings. The summed E-state index contributed by atoms with van der Waals surface area (Å²) < 4.78 is 4.04. The maximum Gasteiger partial charge on any atom is 0.332 e. The van der Waals surface area contributed by atoms with Gasteiger partial charge in [0.15, 0.2) is 11.2 Å². The highest BCUT2D eigenvalue weighted by Gasteiger charge is 2.11. The summed E-state index contributed by atoms with van der Waals surface area (Å²) in [4.78, 5) is 27.2. The van der Waals surface area contributed by atoms with Crippen molar-refractivity contribution in [1.82, 2.24) is 18.7 Å². The minimum absolute atomic E-state index is 0.317. The highest BCUT2D eigenvalue weighted by atomic mass is 16.2. The smallest absolute Gasteiger partial charge is 0.328 e. The number of fused-ring (bicyclic) bond motifs is 1. The summed E-state index contributed by atoms with van der Waals surface area (Å²) in [5.41, 5.74) is 0.180. The minimum atomic E-state index is -0.360. The predicted octanol–water partition coefficient (Wildman–Crippen LogP) is -1.03. The van der Waals surface area contributed by atoms with Crippen LogP contribution >= 0.6 is 0 Å². The lowest BCUT2D eigenvalue weighted by molar-refractivity contribution is 0.705. The molecule has 2 heterocycles. The molecule has 0 N–H and O–H groups in total. The van der Waals surface area contributed by atoms with Crippen LogP contribution < -0.4 is 11.2 Å². The number of rotatable bonds is 0. The van der Waals surface area contributed by atoms with Crippen LogP contribution in [0.4, 0.5) is 0 Å². The first kappa shape index (κ1) is 8.74. The molecule has 0 bridgehead atoms. The van der Waals surface area contributed by atoms with Crippen molar-refractivity contribution in [2.75, 3.05) is 0 Å². The lowest BCUT2D eigenvalue weighted by Gasteiger charge is -2.02. The van der Waals surface area contributed by atoms with Crippen molar-refractivity contribution in [3.63, 3.8) is 0 Å². The molecule has 2 aromatic heterocycles. The van der Waals surface area contributed by atoms with Crippen molar-refractivity contribution in [3.8, 4) is 0 Å². The van der Waals surface area contributed by atoms with E-state index in [1.807, 2.05) is 0 Å². The molecule has 2 rings (SSSR count). The minimum Gasteiger partial charge on any atom is -0.328 e. The van der Waals surface area contributed by atoms with Crippen LogP contribution in [0.5, 0.6) is 0 Å². The maximum atomic E-state index is 11.7. The van der Waals surface area contributed by atoms with Gasteiger partial charge in [0, 0.05) is 21.1 Å². The molecule has 0 unspecified atom stereocenters. The van der Waals surface area contributed by atoms with E-state index in [-0.39, 0.29) is 11.2 Å². The number of hydrogen-bond acceptors (Lipinski definition) is 3. The van der Waals surface area contributed by atoms with E-state index in [4.69, 9.17) is 0 Å². The van der Waals surface area contributed by atoms with Gasteiger partial charge in [0.1, 0.15) is 0 Å². The molecule has 6 nitrogen and oxygen atoms in total. The second-order valence-corrected chi connectivity index (χ2v) is 3.23. The first-order valence-electron chi connectivity index (χ1n) is 4.11. The molecule has 0 fully saturated rings. The molecule has 0 saturated heterocycles. The SMILES string of the molecule is Cn1c(=O)c2c(ncn2C)n([14CH3])c1=O. The number of imidazole rings is 1. The van der Waals surface area contributed by atoms with Crippen LogP contribution in [0.15, 0.2) is 15.9 Å². The third-order valence-corrected chi connectivity index (χ3v) is 2.32. The molecule has 0 atom stereocenters. The van der Waals surface area contributed by atoms with Crippen molar-refractivity contribution in [2.45, 2.75) is 0 Å². The van der Waals surface area contributed by atoms with Gasteiger partial charge >= 0.3 is 5.69 Å². The van der Waals surface area contributed by atoms with Crippen molar-refractivity contribution >= 4 is 11.2 Å². The van der Waals surface area contributed by atoms with Gasteiger partial charge in [-0.05, 0) is 0 Å². The normalized spacial score (nSPS) is 11.1. The van der Waals surface area contributed by atoms with Crippen molar-refractivity contribution in [2.24, 2.45) is 21.1 Å². The quantitative estimate of drug-likeness (QED) is 0.541. The van der Waals surface area contributed by atoms with E-state index < -0.39 is 0 Å². The van der Waals surface area contributed by atoms with E-state index >= 15 is 0 Å². The first-order chi connectivity index (χ1) is 6.54. The average molecular weight is 196 g/mol. The molecular formula is C8H10N4O2. The highest BCUT2D eigenvalue weighted by molar-refractivity contribution is 5.69. The van der Waals surface area contributed by atoms with E-state index in [2.05, 4.69) is 4.98 Å². The fourth-order valence-corrected chi connectivity index (χ4v) is 1.47. The molecule has 0 saturated carbocycles. The molecule has 0 aliphatic heterocycles. The Morgan fingerprint density at radius 3 is 2.64 bits per heavy atom. The first-order valence-corrected chi connectivity index (χ1v) is 4.11. The second kappa shape index (κ2) is 2.57. The molecule has 0 aliphatic carbocycles. The lowest BCUT2D eigenvalue weighted by atomic mass is 10.5. The second-order valence-electron chi connectivity index (χ2n) is 3.23. The van der Waals surface area contributed by atoms with Gasteiger partial charge in [-0.3, -0.25) is 13.9 Å². The lowest BCUT2D eigenvalue weighted by Crippen LogP contribution is -2.37. The molecule has 6 heteroatoms. The van der Waals surface area contributed by atoms with Crippen LogP contribution in [0.25, 0.3) is 11.2 Å². The highest BCUT2D eigenvalue weighted by Crippen LogP contribution is 2.01. The molecule has 0 radical (unpaired) electrons. The van der Waals surface area contributed by atoms with Gasteiger partial charge in [0.05, 0.1) is 6.33 Å². The molecular weight excluding hydrogens is 186 g/mol. The molecule has 74 valence electrons. The standard InChI is InChI=1S/C8H10N4O2/c1-10-4-9-6-5(10)7(13)12(3)8(14)11(6)2/h4H,1-3H3/i2+2. The summed E-state index contributed by atoms with van der Waals surface area (Å²) in [5.74, 6) is 0. The molecule has 0 amide bonds. The summed E-state index contributed by atoms with van der Waals surface area (Å²) in [6, 6.07) is 0. The third-order valence-electron chi connectivity index (χ3n) is 2.32. The van der Waals surface area contributed by atoms with Crippen LogP contribution in [-0.4, -0.2) is 18.7 Å². The van der Waals surface area contributed by atoms with Crippen LogP contribution in [0.2, 0.25) is 0 Å². The van der Waals surface area contributed by atoms with Gasteiger partial charge in [0.25, 0.3) is 5.56 Å². The monoisotopic (exact) mass is 196 g/mol. The zero-order chi connectivity index (χ0) is 10.5. The fourth-order valence-electron chi connectivity index (χ4n) is 1.47. The Hall–Kier alpha value is -1.85. The Balaban J connectivity index is 3.22. The number of aromatic nitrogens is 4. The van der Waals surface area contributed by atoms with E-state index in [0.29, 0.717) is 11.2 Å². The molecule has 0 aromatic carbocycles. The Bertz CT molecular complexity index is 617. The Morgan fingerprint density at radius 2 is 2.00 bits per heavy atom. The Kier molecular flexibility index (Phi) is 1.60. The van der Waals surface area contributed by atoms with E-state index in [1.54, 1.807) is 18.7 Å². The summed E-state index contributed by atoms with van der Waals surface area (Å²) in [6.07, 6.45) is 1.52. The zero-order valence-corrected chi connectivity index (χ0v) is 8.18. The van der Waals surface area contributed by atoms with Crippen LogP contribution in [-0.2, 0) is 21.1 Å². The van der Waals surface area contributed by atoms with Crippen LogP contribution in [0, 0.1) is 0 Å². The fraction of sp³-hybridized carbons (Fsp3) is 0.375.